The minimum absolute atomic E-state index is 0.167. The third-order valence-electron chi connectivity index (χ3n) is 1.73. The van der Waals surface area contributed by atoms with Gasteiger partial charge in [-0.25, -0.2) is 4.99 Å². The van der Waals surface area contributed by atoms with E-state index in [9.17, 15) is 0 Å². The molecule has 13 heavy (non-hydrogen) atoms. The first-order valence-electron chi connectivity index (χ1n) is 3.83. The van der Waals surface area contributed by atoms with E-state index in [0.29, 0.717) is 15.6 Å². The standard InChI is InChI=1S/C8H7BrClN3/c1-5-2-3-13-4-6(9)12-7(10)8(13)11-5/h2-5H,1H3. The zero-order chi connectivity index (χ0) is 9.42. The van der Waals surface area contributed by atoms with Crippen molar-refractivity contribution in [3.05, 3.63) is 23.1 Å². The number of hydrogen-bond donors (Lipinski definition) is 0. The minimum Gasteiger partial charge on any atom is -0.304 e. The van der Waals surface area contributed by atoms with Crippen LogP contribution < -0.4 is 0 Å². The molecule has 1 atom stereocenters. The molecule has 0 aromatic heterocycles. The van der Waals surface area contributed by atoms with Crippen molar-refractivity contribution in [1.82, 2.24) is 4.90 Å². The van der Waals surface area contributed by atoms with E-state index in [4.69, 9.17) is 11.6 Å². The van der Waals surface area contributed by atoms with Crippen LogP contribution in [0.1, 0.15) is 6.92 Å². The monoisotopic (exact) mass is 259 g/mol. The molecule has 0 radical (unpaired) electrons. The molecule has 0 aliphatic carbocycles. The number of amidine groups is 1. The fraction of sp³-hybridized carbons (Fsp3) is 0.250. The molecule has 0 N–H and O–H groups in total. The van der Waals surface area contributed by atoms with E-state index >= 15 is 0 Å². The third-order valence-corrected chi connectivity index (χ3v) is 2.37. The lowest BCUT2D eigenvalue weighted by Crippen LogP contribution is -2.32. The average molecular weight is 261 g/mol. The Bertz CT molecular complexity index is 356. The predicted octanol–water partition coefficient (Wildman–Crippen LogP) is 2.45. The summed E-state index contributed by atoms with van der Waals surface area (Å²) in [5, 5.41) is 0.422. The first-order chi connectivity index (χ1) is 6.16. The van der Waals surface area contributed by atoms with E-state index in [2.05, 4.69) is 25.9 Å². The van der Waals surface area contributed by atoms with Crippen LogP contribution in [0, 0.1) is 0 Å². The second kappa shape index (κ2) is 3.27. The molecule has 3 nitrogen and oxygen atoms in total. The Kier molecular flexibility index (Phi) is 2.26. The molecule has 2 rings (SSSR count). The lowest BCUT2D eigenvalue weighted by atomic mass is 10.3. The van der Waals surface area contributed by atoms with Gasteiger partial charge in [-0.15, -0.1) is 0 Å². The Balaban J connectivity index is 2.40. The summed E-state index contributed by atoms with van der Waals surface area (Å²) in [6.45, 7) is 2.00. The average Bonchev–Trinajstić information content (AvgIpc) is 2.06. The molecule has 1 unspecified atom stereocenters. The highest BCUT2D eigenvalue weighted by Crippen LogP contribution is 2.20. The molecule has 68 valence electrons. The van der Waals surface area contributed by atoms with Crippen molar-refractivity contribution in [3.63, 3.8) is 0 Å². The number of halogens is 2. The van der Waals surface area contributed by atoms with Gasteiger partial charge in [-0.05, 0) is 28.9 Å². The van der Waals surface area contributed by atoms with Gasteiger partial charge in [0.05, 0.1) is 6.04 Å². The van der Waals surface area contributed by atoms with Crippen molar-refractivity contribution in [1.29, 1.82) is 0 Å². The van der Waals surface area contributed by atoms with E-state index < -0.39 is 0 Å². The molecular formula is C8H7BrClN3. The minimum atomic E-state index is 0.167. The maximum atomic E-state index is 5.92. The number of aliphatic imine (C=N–C) groups is 2. The zero-order valence-corrected chi connectivity index (χ0v) is 9.25. The fourth-order valence-electron chi connectivity index (χ4n) is 1.14. The van der Waals surface area contributed by atoms with Gasteiger partial charge in [0.15, 0.2) is 11.0 Å². The number of hydrogen-bond acceptors (Lipinski definition) is 3. The summed E-state index contributed by atoms with van der Waals surface area (Å²) < 4.78 is 0.704. The zero-order valence-electron chi connectivity index (χ0n) is 6.91. The Labute approximate surface area is 89.6 Å². The van der Waals surface area contributed by atoms with Crippen LogP contribution in [-0.2, 0) is 0 Å². The molecular weight excluding hydrogens is 253 g/mol. The van der Waals surface area contributed by atoms with Gasteiger partial charge in [0.2, 0.25) is 0 Å². The largest absolute Gasteiger partial charge is 0.304 e. The van der Waals surface area contributed by atoms with E-state index in [1.54, 1.807) is 0 Å². The Morgan fingerprint density at radius 3 is 3.15 bits per heavy atom. The first kappa shape index (κ1) is 8.97. The second-order valence-corrected chi connectivity index (χ2v) is 3.97. The SMILES string of the molecule is CC1C=CN2C=C(Br)N=C(Cl)C2=N1. The van der Waals surface area contributed by atoms with Crippen molar-refractivity contribution in [2.45, 2.75) is 13.0 Å². The maximum absolute atomic E-state index is 5.92. The van der Waals surface area contributed by atoms with E-state index in [-0.39, 0.29) is 6.04 Å². The first-order valence-corrected chi connectivity index (χ1v) is 5.00. The van der Waals surface area contributed by atoms with E-state index in [1.807, 2.05) is 30.3 Å². The Hall–Kier alpha value is -0.610. The highest BCUT2D eigenvalue weighted by molar-refractivity contribution is 9.11. The van der Waals surface area contributed by atoms with E-state index in [1.165, 1.54) is 0 Å². The molecule has 2 aliphatic rings. The summed E-state index contributed by atoms with van der Waals surface area (Å²) in [7, 11) is 0. The van der Waals surface area contributed by atoms with Crippen LogP contribution >= 0.6 is 27.5 Å². The fourth-order valence-corrected chi connectivity index (χ4v) is 1.88. The third kappa shape index (κ3) is 1.69. The molecule has 0 bridgehead atoms. The van der Waals surface area contributed by atoms with Crippen LogP contribution in [0.15, 0.2) is 33.1 Å². The molecule has 2 aliphatic heterocycles. The smallest absolute Gasteiger partial charge is 0.173 e. The molecule has 0 amide bonds. The normalized spacial score (nSPS) is 26.2. The molecule has 0 aromatic carbocycles. The lowest BCUT2D eigenvalue weighted by Gasteiger charge is -2.25. The molecule has 0 aromatic rings. The molecule has 0 saturated carbocycles. The molecule has 0 fully saturated rings. The van der Waals surface area contributed by atoms with Crippen molar-refractivity contribution in [3.8, 4) is 0 Å². The maximum Gasteiger partial charge on any atom is 0.173 e. The van der Waals surface area contributed by atoms with Gasteiger partial charge in [-0.2, -0.15) is 0 Å². The van der Waals surface area contributed by atoms with Crippen LogP contribution in [0.4, 0.5) is 0 Å². The topological polar surface area (TPSA) is 28.0 Å². The van der Waals surface area contributed by atoms with Crippen molar-refractivity contribution in [2.24, 2.45) is 9.98 Å². The van der Waals surface area contributed by atoms with E-state index in [0.717, 1.165) is 0 Å². The number of rotatable bonds is 0. The molecule has 5 heteroatoms. The van der Waals surface area contributed by atoms with Crippen LogP contribution in [-0.4, -0.2) is 21.9 Å². The quantitative estimate of drug-likeness (QED) is 0.615. The van der Waals surface area contributed by atoms with Crippen molar-refractivity contribution < 1.29 is 0 Å². The van der Waals surface area contributed by atoms with Crippen LogP contribution in [0.25, 0.3) is 0 Å². The highest BCUT2D eigenvalue weighted by Gasteiger charge is 2.20. The van der Waals surface area contributed by atoms with Crippen LogP contribution in [0.5, 0.6) is 0 Å². The summed E-state index contributed by atoms with van der Waals surface area (Å²) >= 11 is 9.19. The van der Waals surface area contributed by atoms with Gasteiger partial charge in [-0.3, -0.25) is 4.99 Å². The molecule has 2 heterocycles. The van der Waals surface area contributed by atoms with Crippen LogP contribution in [0.2, 0.25) is 0 Å². The van der Waals surface area contributed by atoms with Crippen LogP contribution in [0.3, 0.4) is 0 Å². The molecule has 0 saturated heterocycles. The number of fused-ring (bicyclic) bond motifs is 1. The predicted molar refractivity (Wildman–Crippen MR) is 58.2 cm³/mol. The lowest BCUT2D eigenvalue weighted by molar-refractivity contribution is 0.704. The van der Waals surface area contributed by atoms with Gasteiger partial charge in [-0.1, -0.05) is 11.6 Å². The van der Waals surface area contributed by atoms with Gasteiger partial charge < -0.3 is 4.90 Å². The Morgan fingerprint density at radius 1 is 1.62 bits per heavy atom. The van der Waals surface area contributed by atoms with Gasteiger partial charge in [0.25, 0.3) is 0 Å². The van der Waals surface area contributed by atoms with Crippen molar-refractivity contribution >= 4 is 38.5 Å². The summed E-state index contributed by atoms with van der Waals surface area (Å²) in [4.78, 5) is 10.2. The van der Waals surface area contributed by atoms with Crippen molar-refractivity contribution in [2.75, 3.05) is 0 Å². The summed E-state index contributed by atoms with van der Waals surface area (Å²) in [5.74, 6) is 0.708. The second-order valence-electron chi connectivity index (χ2n) is 2.80. The van der Waals surface area contributed by atoms with Gasteiger partial charge >= 0.3 is 0 Å². The number of nitrogens with zero attached hydrogens (tertiary/aromatic N) is 3. The summed E-state index contributed by atoms with van der Waals surface area (Å²) in [6, 6.07) is 0.167. The van der Waals surface area contributed by atoms with Gasteiger partial charge in [0, 0.05) is 12.4 Å². The summed E-state index contributed by atoms with van der Waals surface area (Å²) in [6.07, 6.45) is 5.76. The molecule has 0 spiro atoms. The highest BCUT2D eigenvalue weighted by atomic mass is 79.9. The Morgan fingerprint density at radius 2 is 2.38 bits per heavy atom. The van der Waals surface area contributed by atoms with Gasteiger partial charge in [0.1, 0.15) is 4.61 Å². The summed E-state index contributed by atoms with van der Waals surface area (Å²) in [5.41, 5.74) is 0.